The number of aliphatic hydroxyl groups excluding tert-OH is 1. The first kappa shape index (κ1) is 26.5. The van der Waals surface area contributed by atoms with Crippen LogP contribution in [0, 0.1) is 0 Å². The predicted molar refractivity (Wildman–Crippen MR) is 134 cm³/mol. The van der Waals surface area contributed by atoms with Gasteiger partial charge >= 0.3 is 0 Å². The molecule has 2 atom stereocenters. The Labute approximate surface area is 208 Å². The highest BCUT2D eigenvalue weighted by atomic mass is 16.5. The summed E-state index contributed by atoms with van der Waals surface area (Å²) in [6.45, 7) is 2.21. The van der Waals surface area contributed by atoms with E-state index in [2.05, 4.69) is 20.9 Å². The van der Waals surface area contributed by atoms with Crippen LogP contribution in [0.15, 0.2) is 73.1 Å². The number of anilines is 1. The van der Waals surface area contributed by atoms with E-state index in [1.807, 2.05) is 24.3 Å². The Hall–Kier alpha value is -4.12. The Morgan fingerprint density at radius 1 is 0.917 bits per heavy atom. The summed E-state index contributed by atoms with van der Waals surface area (Å²) in [5.41, 5.74) is 5.27. The van der Waals surface area contributed by atoms with Gasteiger partial charge in [0.2, 0.25) is 5.91 Å². The van der Waals surface area contributed by atoms with Gasteiger partial charge in [-0.2, -0.15) is 0 Å². The number of nitrogens with zero attached hydrogens (tertiary/aromatic N) is 1. The predicted octanol–water partition coefficient (Wildman–Crippen LogP) is 1.50. The maximum Gasteiger partial charge on any atom is 0.268 e. The smallest absolute Gasteiger partial charge is 0.268 e. The van der Waals surface area contributed by atoms with Crippen LogP contribution in [0.25, 0.3) is 11.1 Å². The van der Waals surface area contributed by atoms with Crippen LogP contribution >= 0.6 is 0 Å². The van der Waals surface area contributed by atoms with Gasteiger partial charge in [-0.3, -0.25) is 24.6 Å². The van der Waals surface area contributed by atoms with Crippen LogP contribution in [0.1, 0.15) is 22.8 Å². The van der Waals surface area contributed by atoms with Crippen molar-refractivity contribution in [2.75, 3.05) is 18.4 Å². The Morgan fingerprint density at radius 3 is 2.11 bits per heavy atom. The second-order valence-electron chi connectivity index (χ2n) is 8.15. The van der Waals surface area contributed by atoms with Gasteiger partial charge in [-0.15, -0.1) is 0 Å². The minimum Gasteiger partial charge on any atom is -0.391 e. The zero-order valence-corrected chi connectivity index (χ0v) is 19.8. The molecule has 10 heteroatoms. The summed E-state index contributed by atoms with van der Waals surface area (Å²) in [7, 11) is 0. The molecule has 0 radical (unpaired) electrons. The molecule has 1 aromatic heterocycles. The number of carbonyl (C=O) groups excluding carboxylic acids is 3. The minimum atomic E-state index is -1.29. The Bertz CT molecular complexity index is 1150. The number of aliphatic hydroxyl groups is 1. The number of hydroxylamine groups is 1. The van der Waals surface area contributed by atoms with Crippen LogP contribution < -0.4 is 21.4 Å². The van der Waals surface area contributed by atoms with Crippen molar-refractivity contribution in [3.63, 3.8) is 0 Å². The lowest BCUT2D eigenvalue weighted by Crippen LogP contribution is -2.51. The van der Waals surface area contributed by atoms with Gasteiger partial charge in [0.25, 0.3) is 11.8 Å². The summed E-state index contributed by atoms with van der Waals surface area (Å²) in [6, 6.07) is 16.6. The molecule has 3 amide bonds. The van der Waals surface area contributed by atoms with Gasteiger partial charge < -0.3 is 21.1 Å². The number of hydrogen-bond donors (Lipinski definition) is 6. The van der Waals surface area contributed by atoms with Crippen molar-refractivity contribution in [1.29, 1.82) is 0 Å². The summed E-state index contributed by atoms with van der Waals surface area (Å²) >= 11 is 0. The largest absolute Gasteiger partial charge is 0.391 e. The molecule has 3 aromatic rings. The lowest BCUT2D eigenvalue weighted by molar-refractivity contribution is -0.133. The van der Waals surface area contributed by atoms with Gasteiger partial charge in [0.05, 0.1) is 12.6 Å². The number of aromatic nitrogens is 1. The summed E-state index contributed by atoms with van der Waals surface area (Å²) in [5, 5.41) is 26.8. The molecule has 36 heavy (non-hydrogen) atoms. The molecule has 0 spiro atoms. The van der Waals surface area contributed by atoms with Crippen LogP contribution in [0.4, 0.5) is 5.69 Å². The number of hydrogen-bond acceptors (Lipinski definition) is 7. The molecule has 10 nitrogen and oxygen atoms in total. The molecule has 3 rings (SSSR count). The standard InChI is InChI=1S/C26H29N5O5/c1-17(32)24(26(35)31-36)30-25(34)21-4-2-19(3-5-21)20-6-8-22(9-7-20)29-23(33)16-28-15-12-18-10-13-27-14-11-18/h2-11,13-14,17,24,28,32,36H,12,15-16H2,1H3,(H,29,33)(H,30,34)(H,31,35)/t17-,24+/m1/s1. The van der Waals surface area contributed by atoms with Gasteiger partial charge in [-0.1, -0.05) is 24.3 Å². The molecule has 0 fully saturated rings. The topological polar surface area (TPSA) is 153 Å². The molecular weight excluding hydrogens is 462 g/mol. The Kier molecular flexibility index (Phi) is 9.64. The highest BCUT2D eigenvalue weighted by Crippen LogP contribution is 2.22. The fraction of sp³-hybridized carbons (Fsp3) is 0.231. The first-order chi connectivity index (χ1) is 17.4. The molecule has 0 aliphatic carbocycles. The summed E-state index contributed by atoms with van der Waals surface area (Å²) in [5.74, 6) is -1.62. The maximum absolute atomic E-state index is 12.4. The molecule has 188 valence electrons. The third kappa shape index (κ3) is 7.70. The van der Waals surface area contributed by atoms with Crippen LogP contribution in [-0.2, 0) is 16.0 Å². The number of carbonyl (C=O) groups is 3. The average Bonchev–Trinajstić information content (AvgIpc) is 2.90. The number of rotatable bonds is 11. The van der Waals surface area contributed by atoms with Crippen LogP contribution in [0.2, 0.25) is 0 Å². The van der Waals surface area contributed by atoms with E-state index in [4.69, 9.17) is 5.21 Å². The lowest BCUT2D eigenvalue weighted by atomic mass is 10.0. The van der Waals surface area contributed by atoms with Crippen molar-refractivity contribution in [1.82, 2.24) is 21.1 Å². The van der Waals surface area contributed by atoms with E-state index < -0.39 is 24.0 Å². The highest BCUT2D eigenvalue weighted by molar-refractivity contribution is 5.98. The van der Waals surface area contributed by atoms with Crippen molar-refractivity contribution in [3.05, 3.63) is 84.2 Å². The van der Waals surface area contributed by atoms with Crippen molar-refractivity contribution in [2.24, 2.45) is 0 Å². The molecule has 6 N–H and O–H groups in total. The Balaban J connectivity index is 1.50. The van der Waals surface area contributed by atoms with Gasteiger partial charge in [0.1, 0.15) is 6.04 Å². The monoisotopic (exact) mass is 491 g/mol. The van der Waals surface area contributed by atoms with E-state index in [1.54, 1.807) is 48.8 Å². The third-order valence-corrected chi connectivity index (χ3v) is 5.44. The van der Waals surface area contributed by atoms with E-state index in [0.717, 1.165) is 23.1 Å². The number of benzene rings is 2. The number of nitrogens with one attached hydrogen (secondary N) is 4. The van der Waals surface area contributed by atoms with E-state index in [0.29, 0.717) is 12.2 Å². The Morgan fingerprint density at radius 2 is 1.53 bits per heavy atom. The fourth-order valence-corrected chi connectivity index (χ4v) is 3.45. The normalized spacial score (nSPS) is 12.3. The molecule has 0 saturated carbocycles. The molecule has 2 aromatic carbocycles. The van der Waals surface area contributed by atoms with E-state index in [9.17, 15) is 19.5 Å². The van der Waals surface area contributed by atoms with Gasteiger partial charge in [-0.05, 0) is 73.0 Å². The minimum absolute atomic E-state index is 0.141. The second kappa shape index (κ2) is 13.1. The number of pyridine rings is 1. The molecule has 0 saturated heterocycles. The van der Waals surface area contributed by atoms with Gasteiger partial charge in [-0.25, -0.2) is 5.48 Å². The van der Waals surface area contributed by atoms with Crippen LogP contribution in [0.5, 0.6) is 0 Å². The second-order valence-corrected chi connectivity index (χ2v) is 8.15. The first-order valence-corrected chi connectivity index (χ1v) is 11.4. The summed E-state index contributed by atoms with van der Waals surface area (Å²) in [4.78, 5) is 40.2. The van der Waals surface area contributed by atoms with Gasteiger partial charge in [0.15, 0.2) is 0 Å². The van der Waals surface area contributed by atoms with Crippen molar-refractivity contribution in [3.8, 4) is 11.1 Å². The molecule has 1 heterocycles. The lowest BCUT2D eigenvalue weighted by Gasteiger charge is -2.19. The van der Waals surface area contributed by atoms with Gasteiger partial charge in [0, 0.05) is 23.6 Å². The molecule has 0 unspecified atom stereocenters. The molecule has 0 aliphatic heterocycles. The molecular formula is C26H29N5O5. The average molecular weight is 492 g/mol. The van der Waals surface area contributed by atoms with Crippen LogP contribution in [-0.4, -0.2) is 58.3 Å². The molecule has 0 aliphatic rings. The summed E-state index contributed by atoms with van der Waals surface area (Å²) < 4.78 is 0. The summed E-state index contributed by atoms with van der Waals surface area (Å²) in [6.07, 6.45) is 3.10. The zero-order valence-electron chi connectivity index (χ0n) is 19.8. The van der Waals surface area contributed by atoms with Crippen molar-refractivity contribution in [2.45, 2.75) is 25.5 Å². The number of amides is 3. The molecule has 0 bridgehead atoms. The van der Waals surface area contributed by atoms with E-state index in [-0.39, 0.29) is 18.0 Å². The third-order valence-electron chi connectivity index (χ3n) is 5.44. The van der Waals surface area contributed by atoms with Crippen molar-refractivity contribution >= 4 is 23.4 Å². The fourth-order valence-electron chi connectivity index (χ4n) is 3.45. The maximum atomic E-state index is 12.4. The van der Waals surface area contributed by atoms with Crippen molar-refractivity contribution < 1.29 is 24.7 Å². The highest BCUT2D eigenvalue weighted by Gasteiger charge is 2.25. The van der Waals surface area contributed by atoms with E-state index >= 15 is 0 Å². The zero-order chi connectivity index (χ0) is 25.9. The first-order valence-electron chi connectivity index (χ1n) is 11.4. The van der Waals surface area contributed by atoms with Crippen LogP contribution in [0.3, 0.4) is 0 Å². The quantitative estimate of drug-likeness (QED) is 0.135. The van der Waals surface area contributed by atoms with E-state index in [1.165, 1.54) is 12.4 Å². The SMILES string of the molecule is C[C@@H](O)[C@H](NC(=O)c1ccc(-c2ccc(NC(=O)CNCCc3ccncc3)cc2)cc1)C(=O)NO.